The van der Waals surface area contributed by atoms with Gasteiger partial charge < -0.3 is 15.0 Å². The average Bonchev–Trinajstić information content (AvgIpc) is 2.96. The van der Waals surface area contributed by atoms with Crippen molar-refractivity contribution in [2.45, 2.75) is 12.1 Å². The lowest BCUT2D eigenvalue weighted by Gasteiger charge is -2.26. The molecule has 2 aliphatic rings. The Balaban J connectivity index is 1.87. The normalized spacial score (nSPS) is 22.9. The van der Waals surface area contributed by atoms with Crippen LogP contribution in [-0.2, 0) is 11.3 Å². The minimum absolute atomic E-state index is 0.0864. The van der Waals surface area contributed by atoms with E-state index in [4.69, 9.17) is 11.2 Å². The zero-order valence-electron chi connectivity index (χ0n) is 11.8. The maximum Gasteiger partial charge on any atom is 0.323 e. The van der Waals surface area contributed by atoms with Gasteiger partial charge in [-0.25, -0.2) is 4.79 Å². The molecule has 2 aliphatic heterocycles. The number of rotatable bonds is 3. The molecule has 0 unspecified atom stereocenters. The summed E-state index contributed by atoms with van der Waals surface area (Å²) < 4.78 is 5.10. The van der Waals surface area contributed by atoms with Gasteiger partial charge in [0.2, 0.25) is 0 Å². The number of nitrogens with one attached hydrogen (secondary N) is 2. The summed E-state index contributed by atoms with van der Waals surface area (Å²) in [5.74, 6) is 1.99. The topological polar surface area (TPSA) is 87.7 Å². The van der Waals surface area contributed by atoms with Crippen LogP contribution in [0.1, 0.15) is 15.9 Å². The Morgan fingerprint density at radius 2 is 2.18 bits per heavy atom. The largest absolute Gasteiger partial charge is 0.497 e. The molecule has 1 fully saturated rings. The van der Waals surface area contributed by atoms with E-state index in [1.54, 1.807) is 18.2 Å². The first-order valence-electron chi connectivity index (χ1n) is 6.56. The third-order valence-electron chi connectivity index (χ3n) is 3.81. The maximum absolute atomic E-state index is 12.5. The fraction of sp³-hybridized carbons (Fsp3) is 0.267. The lowest BCUT2D eigenvalue weighted by molar-refractivity contribution is -0.122. The first-order chi connectivity index (χ1) is 10.5. The van der Waals surface area contributed by atoms with E-state index in [2.05, 4.69) is 16.6 Å². The molecular weight excluding hydrogens is 286 g/mol. The number of terminal acetylenes is 1. The van der Waals surface area contributed by atoms with Crippen molar-refractivity contribution in [2.24, 2.45) is 0 Å². The van der Waals surface area contributed by atoms with E-state index < -0.39 is 17.5 Å². The summed E-state index contributed by atoms with van der Waals surface area (Å²) in [4.78, 5) is 37.1. The molecule has 7 nitrogen and oxygen atoms in total. The molecule has 3 rings (SSSR count). The Labute approximate surface area is 126 Å². The van der Waals surface area contributed by atoms with E-state index in [-0.39, 0.29) is 12.5 Å². The Kier molecular flexibility index (Phi) is 3.03. The van der Waals surface area contributed by atoms with E-state index in [1.807, 2.05) is 0 Å². The minimum Gasteiger partial charge on any atom is -0.497 e. The number of fused-ring (bicyclic) bond motifs is 1. The molecule has 0 saturated carbocycles. The highest BCUT2D eigenvalue weighted by Gasteiger charge is 2.48. The zero-order chi connectivity index (χ0) is 15.9. The van der Waals surface area contributed by atoms with Gasteiger partial charge in [0, 0.05) is 12.1 Å². The zero-order valence-corrected chi connectivity index (χ0v) is 11.8. The summed E-state index contributed by atoms with van der Waals surface area (Å²) >= 11 is 0. The van der Waals surface area contributed by atoms with Gasteiger partial charge in [-0.3, -0.25) is 14.9 Å². The van der Waals surface area contributed by atoms with Gasteiger partial charge in [-0.2, -0.15) is 0 Å². The average molecular weight is 299 g/mol. The number of hydrogen-bond acceptors (Lipinski definition) is 4. The number of methoxy groups -OCH3 is 1. The van der Waals surface area contributed by atoms with Crippen molar-refractivity contribution in [3.63, 3.8) is 0 Å². The smallest absolute Gasteiger partial charge is 0.323 e. The third kappa shape index (κ3) is 1.97. The van der Waals surface area contributed by atoms with Crippen molar-refractivity contribution in [1.29, 1.82) is 0 Å². The van der Waals surface area contributed by atoms with Gasteiger partial charge >= 0.3 is 6.03 Å². The number of carbonyl (C=O) groups is 3. The molecule has 0 aromatic heterocycles. The molecule has 1 saturated heterocycles. The van der Waals surface area contributed by atoms with Crippen molar-refractivity contribution in [1.82, 2.24) is 15.5 Å². The van der Waals surface area contributed by atoms with Crippen molar-refractivity contribution >= 4 is 17.8 Å². The highest BCUT2D eigenvalue weighted by atomic mass is 16.5. The first kappa shape index (κ1) is 13.9. The van der Waals surface area contributed by atoms with Crippen LogP contribution in [0.3, 0.4) is 0 Å². The molecule has 1 aromatic rings. The Morgan fingerprint density at radius 1 is 1.41 bits per heavy atom. The highest BCUT2D eigenvalue weighted by Crippen LogP contribution is 2.28. The number of benzene rings is 1. The molecular formula is C15H13N3O4. The first-order valence-corrected chi connectivity index (χ1v) is 6.56. The number of amides is 4. The van der Waals surface area contributed by atoms with E-state index in [0.29, 0.717) is 17.9 Å². The Morgan fingerprint density at radius 3 is 2.77 bits per heavy atom. The molecule has 2 N–H and O–H groups in total. The van der Waals surface area contributed by atoms with Crippen LogP contribution in [-0.4, -0.2) is 41.9 Å². The third-order valence-corrected chi connectivity index (χ3v) is 3.81. The van der Waals surface area contributed by atoms with Crippen LogP contribution in [0, 0.1) is 12.3 Å². The van der Waals surface area contributed by atoms with Crippen molar-refractivity contribution in [3.8, 4) is 18.1 Å². The summed E-state index contributed by atoms with van der Waals surface area (Å²) in [6.07, 6.45) is 5.41. The second kappa shape index (κ2) is 4.77. The van der Waals surface area contributed by atoms with E-state index in [1.165, 1.54) is 12.0 Å². The van der Waals surface area contributed by atoms with Crippen LogP contribution in [0.25, 0.3) is 0 Å². The summed E-state index contributed by atoms with van der Waals surface area (Å²) in [6.45, 7) is 0.238. The Bertz CT molecular complexity index is 737. The number of ether oxygens (including phenoxy) is 1. The summed E-state index contributed by atoms with van der Waals surface area (Å²) in [5.41, 5.74) is -0.197. The fourth-order valence-corrected chi connectivity index (χ4v) is 2.63. The van der Waals surface area contributed by atoms with Gasteiger partial charge in [0.15, 0.2) is 5.54 Å². The van der Waals surface area contributed by atoms with Gasteiger partial charge in [-0.15, -0.1) is 6.42 Å². The number of imide groups is 1. The number of carbonyl (C=O) groups excluding carboxylic acids is 3. The van der Waals surface area contributed by atoms with Gasteiger partial charge in [-0.1, -0.05) is 12.0 Å². The summed E-state index contributed by atoms with van der Waals surface area (Å²) in [5, 5.41) is 4.51. The van der Waals surface area contributed by atoms with E-state index in [9.17, 15) is 14.4 Å². The molecule has 0 radical (unpaired) electrons. The van der Waals surface area contributed by atoms with E-state index in [0.717, 1.165) is 5.56 Å². The lowest BCUT2D eigenvalue weighted by atomic mass is 10.0. The SMILES string of the molecule is C#C[C@]1(CN2Cc3ccc(OC)cc3C2=O)NC(=O)NC1=O. The molecule has 112 valence electrons. The Hall–Kier alpha value is -3.01. The number of urea groups is 1. The molecule has 0 aliphatic carbocycles. The number of hydrogen-bond donors (Lipinski definition) is 2. The molecule has 7 heteroatoms. The monoisotopic (exact) mass is 299 g/mol. The van der Waals surface area contributed by atoms with Gasteiger partial charge in [0.25, 0.3) is 11.8 Å². The fourth-order valence-electron chi connectivity index (χ4n) is 2.63. The molecule has 0 bridgehead atoms. The summed E-state index contributed by atoms with van der Waals surface area (Å²) in [6, 6.07) is 4.54. The molecule has 4 amide bonds. The van der Waals surface area contributed by atoms with Crippen LogP contribution in [0.4, 0.5) is 4.79 Å². The molecule has 22 heavy (non-hydrogen) atoms. The quantitative estimate of drug-likeness (QED) is 0.601. The molecule has 0 spiro atoms. The summed E-state index contributed by atoms with van der Waals surface area (Å²) in [7, 11) is 1.52. The predicted octanol–water partition coefficient (Wildman–Crippen LogP) is -0.138. The van der Waals surface area contributed by atoms with Crippen molar-refractivity contribution in [2.75, 3.05) is 13.7 Å². The van der Waals surface area contributed by atoms with Gasteiger partial charge in [0.05, 0.1) is 13.7 Å². The minimum atomic E-state index is -1.53. The van der Waals surface area contributed by atoms with Crippen LogP contribution in [0.5, 0.6) is 5.75 Å². The van der Waals surface area contributed by atoms with Crippen LogP contribution >= 0.6 is 0 Å². The molecule has 2 heterocycles. The van der Waals surface area contributed by atoms with Crippen LogP contribution in [0.15, 0.2) is 18.2 Å². The highest BCUT2D eigenvalue weighted by molar-refractivity contribution is 6.10. The second-order valence-electron chi connectivity index (χ2n) is 5.14. The van der Waals surface area contributed by atoms with Crippen molar-refractivity contribution in [3.05, 3.63) is 29.3 Å². The molecule has 1 aromatic carbocycles. The van der Waals surface area contributed by atoms with Crippen LogP contribution in [0.2, 0.25) is 0 Å². The standard InChI is InChI=1S/C15H13N3O4/c1-3-15(13(20)16-14(21)17-15)8-18-7-9-4-5-10(22-2)6-11(9)12(18)19/h1,4-6H,7-8H2,2H3,(H2,16,17,20,21)/t15-/m1/s1. The molecule has 1 atom stereocenters. The predicted molar refractivity (Wildman–Crippen MR) is 76.0 cm³/mol. The lowest BCUT2D eigenvalue weighted by Crippen LogP contribution is -2.54. The van der Waals surface area contributed by atoms with E-state index >= 15 is 0 Å². The maximum atomic E-state index is 12.5. The van der Waals surface area contributed by atoms with Gasteiger partial charge in [0.1, 0.15) is 5.75 Å². The second-order valence-corrected chi connectivity index (χ2v) is 5.14. The number of nitrogens with zero attached hydrogens (tertiary/aromatic N) is 1. The van der Waals surface area contributed by atoms with Crippen molar-refractivity contribution < 1.29 is 19.1 Å². The van der Waals surface area contributed by atoms with Crippen LogP contribution < -0.4 is 15.4 Å². The van der Waals surface area contributed by atoms with Gasteiger partial charge in [-0.05, 0) is 17.7 Å².